The number of nitrogens with one attached hydrogen (secondary N) is 2. The van der Waals surface area contributed by atoms with Crippen LogP contribution in [0.25, 0.3) is 5.69 Å². The van der Waals surface area contributed by atoms with Crippen LogP contribution in [0.3, 0.4) is 0 Å². The zero-order valence-corrected chi connectivity index (χ0v) is 19.9. The maximum atomic E-state index is 12.7. The summed E-state index contributed by atoms with van der Waals surface area (Å²) in [5, 5.41) is 7.06. The number of hydrogen-bond acceptors (Lipinski definition) is 5. The van der Waals surface area contributed by atoms with Crippen LogP contribution in [0.4, 0.5) is 5.69 Å². The van der Waals surface area contributed by atoms with Crippen molar-refractivity contribution in [2.45, 2.75) is 31.7 Å². The molecule has 0 fully saturated rings. The molecule has 0 spiro atoms. The first-order valence-corrected chi connectivity index (χ1v) is 12.2. The van der Waals surface area contributed by atoms with Crippen molar-refractivity contribution in [3.05, 3.63) is 102 Å². The summed E-state index contributed by atoms with van der Waals surface area (Å²) in [6.07, 6.45) is 3.09. The summed E-state index contributed by atoms with van der Waals surface area (Å²) < 4.78 is 29.6. The number of benzene rings is 3. The summed E-state index contributed by atoms with van der Waals surface area (Å²) in [6, 6.07) is 18.8. The molecule has 2 N–H and O–H groups in total. The molecule has 0 aliphatic rings. The van der Waals surface area contributed by atoms with E-state index in [0.717, 1.165) is 22.4 Å². The predicted molar refractivity (Wildman–Crippen MR) is 130 cm³/mol. The Morgan fingerprint density at radius 1 is 0.941 bits per heavy atom. The minimum atomic E-state index is -3.72. The van der Waals surface area contributed by atoms with Gasteiger partial charge in [-0.15, -0.1) is 0 Å². The number of sulfonamides is 1. The molecule has 174 valence electrons. The fourth-order valence-electron chi connectivity index (χ4n) is 3.41. The molecule has 9 heteroatoms. The maximum Gasteiger partial charge on any atom is 0.261 e. The van der Waals surface area contributed by atoms with E-state index in [1.165, 1.54) is 6.33 Å². The molecule has 1 aromatic heterocycles. The Morgan fingerprint density at radius 2 is 1.65 bits per heavy atom. The number of rotatable bonds is 7. The molecule has 0 saturated heterocycles. The fourth-order valence-corrected chi connectivity index (χ4v) is 4.55. The Balaban J connectivity index is 1.40. The molecule has 0 aliphatic carbocycles. The van der Waals surface area contributed by atoms with Crippen molar-refractivity contribution >= 4 is 21.6 Å². The lowest BCUT2D eigenvalue weighted by Crippen LogP contribution is -2.26. The van der Waals surface area contributed by atoms with Crippen molar-refractivity contribution in [3.63, 3.8) is 0 Å². The number of amides is 1. The number of aromatic nitrogens is 3. The number of hydrogen-bond donors (Lipinski definition) is 2. The molecule has 1 amide bonds. The van der Waals surface area contributed by atoms with Gasteiger partial charge in [-0.2, -0.15) is 5.10 Å². The van der Waals surface area contributed by atoms with E-state index < -0.39 is 10.0 Å². The normalized spacial score (nSPS) is 12.2. The first kappa shape index (κ1) is 23.2. The van der Waals surface area contributed by atoms with E-state index in [4.69, 9.17) is 0 Å². The summed E-state index contributed by atoms with van der Waals surface area (Å²) in [5.41, 5.74) is 4.55. The van der Waals surface area contributed by atoms with Crippen LogP contribution in [0, 0.1) is 13.8 Å². The number of anilines is 1. The average molecular weight is 476 g/mol. The van der Waals surface area contributed by atoms with Crippen LogP contribution in [-0.4, -0.2) is 29.1 Å². The molecule has 4 rings (SSSR count). The topological polar surface area (TPSA) is 106 Å². The van der Waals surface area contributed by atoms with E-state index >= 15 is 0 Å². The van der Waals surface area contributed by atoms with Crippen molar-refractivity contribution in [1.82, 2.24) is 20.1 Å². The van der Waals surface area contributed by atoms with Gasteiger partial charge in [0.2, 0.25) is 0 Å². The molecule has 1 atom stereocenters. The quantitative estimate of drug-likeness (QED) is 0.417. The highest BCUT2D eigenvalue weighted by Gasteiger charge is 2.16. The van der Waals surface area contributed by atoms with E-state index in [1.807, 2.05) is 45.0 Å². The van der Waals surface area contributed by atoms with Gasteiger partial charge in [0.15, 0.2) is 0 Å². The molecule has 34 heavy (non-hydrogen) atoms. The number of carbonyl (C=O) groups is 1. The van der Waals surface area contributed by atoms with Gasteiger partial charge in [0.25, 0.3) is 15.9 Å². The van der Waals surface area contributed by atoms with E-state index in [2.05, 4.69) is 20.1 Å². The summed E-state index contributed by atoms with van der Waals surface area (Å²) in [7, 11) is -3.72. The molecule has 0 bridgehead atoms. The Labute approximate surface area is 198 Å². The third kappa shape index (κ3) is 5.15. The Kier molecular flexibility index (Phi) is 6.47. The van der Waals surface area contributed by atoms with E-state index in [0.29, 0.717) is 11.3 Å². The zero-order valence-electron chi connectivity index (χ0n) is 19.1. The smallest absolute Gasteiger partial charge is 0.261 e. The van der Waals surface area contributed by atoms with E-state index in [9.17, 15) is 13.2 Å². The number of carbonyl (C=O) groups excluding carboxylic acids is 1. The van der Waals surface area contributed by atoms with Crippen LogP contribution in [0.2, 0.25) is 0 Å². The van der Waals surface area contributed by atoms with Crippen LogP contribution >= 0.6 is 0 Å². The fraction of sp³-hybridized carbons (Fsp3) is 0.160. The lowest BCUT2D eigenvalue weighted by atomic mass is 10.1. The van der Waals surface area contributed by atoms with Crippen molar-refractivity contribution in [3.8, 4) is 5.69 Å². The SMILES string of the molecule is Cc1ccc(S(=O)(=O)Nc2ccc(C(=O)NC(C)c3ccc(-n4cncn4)cc3)cc2)cc1C. The molecule has 1 unspecified atom stereocenters. The van der Waals surface area contributed by atoms with Gasteiger partial charge in [0.05, 0.1) is 16.6 Å². The van der Waals surface area contributed by atoms with Crippen LogP contribution in [0.15, 0.2) is 84.3 Å². The van der Waals surface area contributed by atoms with Gasteiger partial charge < -0.3 is 5.32 Å². The third-order valence-electron chi connectivity index (χ3n) is 5.61. The van der Waals surface area contributed by atoms with Crippen LogP contribution in [0.5, 0.6) is 0 Å². The van der Waals surface area contributed by atoms with Crippen LogP contribution < -0.4 is 10.0 Å². The summed E-state index contributed by atoms with van der Waals surface area (Å²) in [5.74, 6) is -0.253. The zero-order chi connectivity index (χ0) is 24.3. The van der Waals surface area contributed by atoms with E-state index in [1.54, 1.807) is 53.5 Å². The Morgan fingerprint density at radius 3 is 2.26 bits per heavy atom. The molecule has 8 nitrogen and oxygen atoms in total. The highest BCUT2D eigenvalue weighted by molar-refractivity contribution is 7.92. The molecular formula is C25H25N5O3S. The van der Waals surface area contributed by atoms with Crippen LogP contribution in [-0.2, 0) is 10.0 Å². The van der Waals surface area contributed by atoms with Gasteiger partial charge in [-0.25, -0.2) is 18.1 Å². The van der Waals surface area contributed by atoms with Crippen molar-refractivity contribution < 1.29 is 13.2 Å². The number of nitrogens with zero attached hydrogens (tertiary/aromatic N) is 3. The molecule has 0 aliphatic heterocycles. The van der Waals surface area contributed by atoms with E-state index in [-0.39, 0.29) is 16.8 Å². The first-order valence-electron chi connectivity index (χ1n) is 10.7. The van der Waals surface area contributed by atoms with Crippen molar-refractivity contribution in [1.29, 1.82) is 0 Å². The van der Waals surface area contributed by atoms with Gasteiger partial charge in [0, 0.05) is 11.3 Å². The highest BCUT2D eigenvalue weighted by atomic mass is 32.2. The molecular weight excluding hydrogens is 450 g/mol. The van der Waals surface area contributed by atoms with Crippen molar-refractivity contribution in [2.75, 3.05) is 4.72 Å². The lowest BCUT2D eigenvalue weighted by molar-refractivity contribution is 0.0940. The summed E-state index contributed by atoms with van der Waals surface area (Å²) >= 11 is 0. The Bertz CT molecular complexity index is 1400. The molecule has 0 radical (unpaired) electrons. The van der Waals surface area contributed by atoms with Gasteiger partial charge in [-0.3, -0.25) is 9.52 Å². The second kappa shape index (κ2) is 9.48. The average Bonchev–Trinajstić information content (AvgIpc) is 3.36. The molecule has 0 saturated carbocycles. The van der Waals surface area contributed by atoms with Gasteiger partial charge >= 0.3 is 0 Å². The minimum absolute atomic E-state index is 0.195. The first-order chi connectivity index (χ1) is 16.2. The number of aryl methyl sites for hydroxylation is 2. The highest BCUT2D eigenvalue weighted by Crippen LogP contribution is 2.20. The monoisotopic (exact) mass is 475 g/mol. The second-order valence-electron chi connectivity index (χ2n) is 8.06. The van der Waals surface area contributed by atoms with Gasteiger partial charge in [-0.05, 0) is 86.0 Å². The molecule has 1 heterocycles. The standard InChI is InChI=1S/C25H25N5O3S/c1-17-4-13-24(14-18(17)2)34(32,33)29-22-9-5-21(6-10-22)25(31)28-19(3)20-7-11-23(12-8-20)30-16-26-15-27-30/h4-16,19,29H,1-3H3,(H,28,31). The van der Waals surface area contributed by atoms with Gasteiger partial charge in [-0.1, -0.05) is 18.2 Å². The third-order valence-corrected chi connectivity index (χ3v) is 6.99. The molecule has 3 aromatic carbocycles. The minimum Gasteiger partial charge on any atom is -0.346 e. The lowest BCUT2D eigenvalue weighted by Gasteiger charge is -2.15. The molecule has 4 aromatic rings. The van der Waals surface area contributed by atoms with Crippen LogP contribution in [0.1, 0.15) is 40.0 Å². The predicted octanol–water partition coefficient (Wildman–Crippen LogP) is 4.18. The summed E-state index contributed by atoms with van der Waals surface area (Å²) in [6.45, 7) is 5.69. The Hall–Kier alpha value is -3.98. The maximum absolute atomic E-state index is 12.7. The summed E-state index contributed by atoms with van der Waals surface area (Å²) in [4.78, 5) is 16.8. The van der Waals surface area contributed by atoms with Gasteiger partial charge in [0.1, 0.15) is 12.7 Å². The largest absolute Gasteiger partial charge is 0.346 e. The van der Waals surface area contributed by atoms with Crippen molar-refractivity contribution in [2.24, 2.45) is 0 Å². The second-order valence-corrected chi connectivity index (χ2v) is 9.74.